The molecule has 0 spiro atoms. The zero-order valence-electron chi connectivity index (χ0n) is 18.1. The van der Waals surface area contributed by atoms with E-state index in [0.29, 0.717) is 15.4 Å². The van der Waals surface area contributed by atoms with Crippen molar-refractivity contribution >= 4 is 44.9 Å². The molecule has 168 valence electrons. The molecule has 2 aromatic carbocycles. The van der Waals surface area contributed by atoms with Crippen LogP contribution in [0.25, 0.3) is 15.9 Å². The number of fused-ring (bicyclic) bond motifs is 3. The molecule has 0 unspecified atom stereocenters. The molecule has 1 amide bonds. The molecule has 0 bridgehead atoms. The maximum atomic E-state index is 14.8. The molecule has 0 N–H and O–H groups in total. The summed E-state index contributed by atoms with van der Waals surface area (Å²) in [6.07, 6.45) is 3.92. The summed E-state index contributed by atoms with van der Waals surface area (Å²) in [7, 11) is 1.71. The number of rotatable bonds is 5. The van der Waals surface area contributed by atoms with Gasteiger partial charge in [-0.1, -0.05) is 42.1 Å². The molecule has 0 aliphatic heterocycles. The van der Waals surface area contributed by atoms with Crippen LogP contribution in [0.15, 0.2) is 64.5 Å². The van der Waals surface area contributed by atoms with Gasteiger partial charge in [0.2, 0.25) is 5.91 Å². The van der Waals surface area contributed by atoms with Crippen LogP contribution in [0.2, 0.25) is 0 Å². The number of aryl methyl sites for hydroxylation is 2. The summed E-state index contributed by atoms with van der Waals surface area (Å²) in [6.45, 7) is 0. The van der Waals surface area contributed by atoms with Crippen LogP contribution >= 0.6 is 23.1 Å². The standard InChI is InChI=1S/C25H22FN3O2S2/c1-28(16-9-3-2-4-10-16)21(30)15-32-25-27-23-22(17-11-5-8-14-20(17)33-23)24(31)29(25)19-13-7-6-12-18(19)26/h2-4,6-7,9-10,12-13H,5,8,11,14-15H2,1H3. The fraction of sp³-hybridized carbons (Fsp3) is 0.240. The van der Waals surface area contributed by atoms with Crippen molar-refractivity contribution in [1.82, 2.24) is 9.55 Å². The maximum absolute atomic E-state index is 14.8. The van der Waals surface area contributed by atoms with Gasteiger partial charge in [-0.15, -0.1) is 11.3 Å². The number of carbonyl (C=O) groups is 1. The minimum Gasteiger partial charge on any atom is -0.315 e. The number of nitrogens with zero attached hydrogens (tertiary/aromatic N) is 3. The number of benzene rings is 2. The molecule has 2 aromatic heterocycles. The first-order valence-electron chi connectivity index (χ1n) is 10.8. The number of hydrogen-bond acceptors (Lipinski definition) is 5. The monoisotopic (exact) mass is 479 g/mol. The van der Waals surface area contributed by atoms with Crippen LogP contribution in [-0.2, 0) is 17.6 Å². The Balaban J connectivity index is 1.57. The van der Waals surface area contributed by atoms with Crippen LogP contribution < -0.4 is 10.5 Å². The van der Waals surface area contributed by atoms with Crippen molar-refractivity contribution in [2.24, 2.45) is 0 Å². The summed E-state index contributed by atoms with van der Waals surface area (Å²) in [5.41, 5.74) is 1.72. The third-order valence-electron chi connectivity index (χ3n) is 5.89. The number of halogens is 1. The van der Waals surface area contributed by atoms with Crippen molar-refractivity contribution in [3.63, 3.8) is 0 Å². The number of amides is 1. The topological polar surface area (TPSA) is 55.2 Å². The van der Waals surface area contributed by atoms with E-state index in [0.717, 1.165) is 48.7 Å². The summed E-state index contributed by atoms with van der Waals surface area (Å²) >= 11 is 2.70. The van der Waals surface area contributed by atoms with Crippen LogP contribution in [-0.4, -0.2) is 28.3 Å². The van der Waals surface area contributed by atoms with Gasteiger partial charge in [0, 0.05) is 17.6 Å². The number of thioether (sulfide) groups is 1. The second kappa shape index (κ2) is 9.11. The Morgan fingerprint density at radius 2 is 1.85 bits per heavy atom. The van der Waals surface area contributed by atoms with E-state index in [1.165, 1.54) is 15.5 Å². The van der Waals surface area contributed by atoms with E-state index in [4.69, 9.17) is 4.98 Å². The Bertz CT molecular complexity index is 1400. The molecule has 2 heterocycles. The van der Waals surface area contributed by atoms with Crippen molar-refractivity contribution in [3.8, 4) is 5.69 Å². The average Bonchev–Trinajstić information content (AvgIpc) is 3.22. The highest BCUT2D eigenvalue weighted by Gasteiger charge is 2.24. The van der Waals surface area contributed by atoms with Gasteiger partial charge in [0.25, 0.3) is 5.56 Å². The summed E-state index contributed by atoms with van der Waals surface area (Å²) in [4.78, 5) is 34.8. The highest BCUT2D eigenvalue weighted by molar-refractivity contribution is 7.99. The molecule has 5 rings (SSSR count). The van der Waals surface area contributed by atoms with Gasteiger partial charge in [-0.2, -0.15) is 0 Å². The molecule has 0 fully saturated rings. The van der Waals surface area contributed by atoms with Gasteiger partial charge in [-0.05, 0) is 55.5 Å². The lowest BCUT2D eigenvalue weighted by Crippen LogP contribution is -2.29. The first-order chi connectivity index (χ1) is 16.0. The molecule has 33 heavy (non-hydrogen) atoms. The van der Waals surface area contributed by atoms with E-state index in [-0.39, 0.29) is 22.9 Å². The zero-order valence-corrected chi connectivity index (χ0v) is 19.7. The van der Waals surface area contributed by atoms with Crippen LogP contribution in [0.1, 0.15) is 23.3 Å². The van der Waals surface area contributed by atoms with E-state index in [1.54, 1.807) is 41.5 Å². The number of carbonyl (C=O) groups excluding carboxylic acids is 1. The highest BCUT2D eigenvalue weighted by Crippen LogP contribution is 2.35. The van der Waals surface area contributed by atoms with Crippen molar-refractivity contribution in [3.05, 3.63) is 81.2 Å². The number of hydrogen-bond donors (Lipinski definition) is 0. The molecule has 5 nitrogen and oxygen atoms in total. The molecule has 0 saturated heterocycles. The Morgan fingerprint density at radius 3 is 2.64 bits per heavy atom. The predicted octanol–water partition coefficient (Wildman–Crippen LogP) is 5.22. The fourth-order valence-corrected chi connectivity index (χ4v) is 6.37. The van der Waals surface area contributed by atoms with E-state index < -0.39 is 5.82 Å². The molecule has 0 radical (unpaired) electrons. The van der Waals surface area contributed by atoms with Crippen molar-refractivity contribution in [2.45, 2.75) is 30.8 Å². The van der Waals surface area contributed by atoms with E-state index in [9.17, 15) is 14.0 Å². The minimum absolute atomic E-state index is 0.0723. The number of anilines is 1. The van der Waals surface area contributed by atoms with Crippen molar-refractivity contribution in [1.29, 1.82) is 0 Å². The first kappa shape index (κ1) is 21.9. The summed E-state index contributed by atoms with van der Waals surface area (Å²) in [5.74, 6) is -0.561. The third kappa shape index (κ3) is 4.09. The number of aromatic nitrogens is 2. The molecular weight excluding hydrogens is 457 g/mol. The normalized spacial score (nSPS) is 13.2. The molecule has 4 aromatic rings. The molecule has 0 saturated carbocycles. The Kier molecular flexibility index (Phi) is 6.03. The van der Waals surface area contributed by atoms with Gasteiger partial charge in [-0.25, -0.2) is 9.37 Å². The zero-order chi connectivity index (χ0) is 22.9. The number of para-hydroxylation sites is 2. The largest absolute Gasteiger partial charge is 0.315 e. The second-order valence-corrected chi connectivity index (χ2v) is 9.98. The lowest BCUT2D eigenvalue weighted by molar-refractivity contribution is -0.115. The molecule has 1 aliphatic rings. The average molecular weight is 480 g/mol. The lowest BCUT2D eigenvalue weighted by atomic mass is 9.97. The second-order valence-electron chi connectivity index (χ2n) is 7.95. The van der Waals surface area contributed by atoms with Crippen LogP contribution in [0.4, 0.5) is 10.1 Å². The van der Waals surface area contributed by atoms with E-state index >= 15 is 0 Å². The van der Waals surface area contributed by atoms with E-state index in [2.05, 4.69) is 0 Å². The van der Waals surface area contributed by atoms with E-state index in [1.807, 2.05) is 30.3 Å². The van der Waals surface area contributed by atoms with Gasteiger partial charge >= 0.3 is 0 Å². The smallest absolute Gasteiger partial charge is 0.267 e. The maximum Gasteiger partial charge on any atom is 0.267 e. The molecular formula is C25H22FN3O2S2. The molecule has 0 atom stereocenters. The summed E-state index contributed by atoms with van der Waals surface area (Å²) < 4.78 is 16.1. The fourth-order valence-electron chi connectivity index (χ4n) is 4.15. The van der Waals surface area contributed by atoms with Gasteiger partial charge in [0.15, 0.2) is 5.16 Å². The van der Waals surface area contributed by atoms with Gasteiger partial charge in [-0.3, -0.25) is 14.2 Å². The quantitative estimate of drug-likeness (QED) is 0.291. The van der Waals surface area contributed by atoms with Crippen LogP contribution in [0.3, 0.4) is 0 Å². The molecule has 8 heteroatoms. The SMILES string of the molecule is CN(C(=O)CSc1nc2sc3c(c2c(=O)n1-c1ccccc1F)CCCC3)c1ccccc1. The van der Waals surface area contributed by atoms with Gasteiger partial charge < -0.3 is 4.90 Å². The first-order valence-corrected chi connectivity index (χ1v) is 12.6. The predicted molar refractivity (Wildman–Crippen MR) is 132 cm³/mol. The van der Waals surface area contributed by atoms with Crippen LogP contribution in [0, 0.1) is 5.82 Å². The van der Waals surface area contributed by atoms with Crippen molar-refractivity contribution in [2.75, 3.05) is 17.7 Å². The lowest BCUT2D eigenvalue weighted by Gasteiger charge is -2.18. The summed E-state index contributed by atoms with van der Waals surface area (Å²) in [5, 5.41) is 0.918. The Morgan fingerprint density at radius 1 is 1.12 bits per heavy atom. The highest BCUT2D eigenvalue weighted by atomic mass is 32.2. The minimum atomic E-state index is -0.501. The number of thiophene rings is 1. The van der Waals surface area contributed by atoms with Crippen molar-refractivity contribution < 1.29 is 9.18 Å². The Labute approximate surface area is 198 Å². The van der Waals surface area contributed by atoms with Gasteiger partial charge in [0.05, 0.1) is 16.8 Å². The third-order valence-corrected chi connectivity index (χ3v) is 8.00. The van der Waals surface area contributed by atoms with Gasteiger partial charge in [0.1, 0.15) is 10.6 Å². The molecule has 1 aliphatic carbocycles. The Hall–Kier alpha value is -2.97. The summed E-state index contributed by atoms with van der Waals surface area (Å²) in [6, 6.07) is 15.5. The van der Waals surface area contributed by atoms with Crippen LogP contribution in [0.5, 0.6) is 0 Å².